The number of pyridine rings is 1. The van der Waals surface area contributed by atoms with E-state index in [1.54, 1.807) is 0 Å². The average Bonchev–Trinajstić information content (AvgIpc) is 3.85. The Morgan fingerprint density at radius 2 is 0.964 bits per heavy atom. The second-order valence-corrected chi connectivity index (χ2v) is 19.1. The average molecular weight is 770 g/mol. The lowest BCUT2D eigenvalue weighted by atomic mass is 9.96. The molecule has 0 bridgehead atoms. The minimum absolute atomic E-state index is 0.820. The topological polar surface area (TPSA) is 30.0 Å². The number of fused-ring (bicyclic) bond motifs is 8. The van der Waals surface area contributed by atoms with E-state index in [0.29, 0.717) is 0 Å². The normalized spacial score (nSPS) is 12.0. The zero-order valence-corrected chi connectivity index (χ0v) is 32.6. The van der Waals surface area contributed by atoms with Gasteiger partial charge in [0.1, 0.15) is 0 Å². The van der Waals surface area contributed by atoms with Gasteiger partial charge in [-0.15, -0.1) is 22.7 Å². The summed E-state index contributed by atoms with van der Waals surface area (Å²) in [5.41, 5.74) is 7.45. The number of aromatic nitrogens is 1. The van der Waals surface area contributed by atoms with Crippen molar-refractivity contribution in [1.29, 1.82) is 0 Å². The maximum absolute atomic E-state index is 15.2. The van der Waals surface area contributed by atoms with E-state index in [1.165, 1.54) is 51.3 Å². The molecular formula is C51H32NOPS2. The van der Waals surface area contributed by atoms with Crippen molar-refractivity contribution >= 4 is 97.0 Å². The molecule has 56 heavy (non-hydrogen) atoms. The third-order valence-corrected chi connectivity index (χ3v) is 16.4. The van der Waals surface area contributed by atoms with Gasteiger partial charge in [0.15, 0.2) is 7.14 Å². The van der Waals surface area contributed by atoms with E-state index in [9.17, 15) is 0 Å². The monoisotopic (exact) mass is 769 g/mol. The molecular weight excluding hydrogens is 738 g/mol. The SMILES string of the molecule is O=P(c1ccccc1)(c1ccccc1)c1cccc(-c2ccc(-c3nc4c(-c5ccc6sc7ccccc7c6c5)cccc4c4c3sc3ccccc34)cc2)c1. The van der Waals surface area contributed by atoms with Crippen molar-refractivity contribution in [2.45, 2.75) is 0 Å². The van der Waals surface area contributed by atoms with Crippen molar-refractivity contribution in [1.82, 2.24) is 4.98 Å². The van der Waals surface area contributed by atoms with Crippen LogP contribution in [0.25, 0.3) is 84.8 Å². The molecule has 0 amide bonds. The third kappa shape index (κ3) is 5.29. The number of nitrogens with zero attached hydrogens (tertiary/aromatic N) is 1. The highest BCUT2D eigenvalue weighted by Gasteiger charge is 2.30. The van der Waals surface area contributed by atoms with Crippen LogP contribution < -0.4 is 15.9 Å². The highest BCUT2D eigenvalue weighted by atomic mass is 32.1. The van der Waals surface area contributed by atoms with Gasteiger partial charge in [-0.05, 0) is 47.0 Å². The second kappa shape index (κ2) is 13.3. The molecule has 0 atom stereocenters. The van der Waals surface area contributed by atoms with Gasteiger partial charge in [-0.25, -0.2) is 4.98 Å². The van der Waals surface area contributed by atoms with Gasteiger partial charge >= 0.3 is 0 Å². The maximum atomic E-state index is 15.2. The first-order valence-corrected chi connectivity index (χ1v) is 22.1. The fraction of sp³-hybridized carbons (Fsp3) is 0. The van der Waals surface area contributed by atoms with E-state index in [0.717, 1.165) is 49.4 Å². The largest absolute Gasteiger partial charge is 0.309 e. The lowest BCUT2D eigenvalue weighted by molar-refractivity contribution is 0.592. The molecule has 3 heterocycles. The Kier molecular flexibility index (Phi) is 7.86. The predicted octanol–water partition coefficient (Wildman–Crippen LogP) is 13.6. The fourth-order valence-corrected chi connectivity index (χ4v) is 13.3. The highest BCUT2D eigenvalue weighted by molar-refractivity contribution is 7.85. The smallest absolute Gasteiger partial charge is 0.171 e. The molecule has 5 heteroatoms. The first-order valence-electron chi connectivity index (χ1n) is 18.7. The summed E-state index contributed by atoms with van der Waals surface area (Å²) in [7, 11) is -3.11. The maximum Gasteiger partial charge on any atom is 0.171 e. The van der Waals surface area contributed by atoms with Crippen LogP contribution >= 0.6 is 29.8 Å². The molecule has 0 N–H and O–H groups in total. The summed E-state index contributed by atoms with van der Waals surface area (Å²) >= 11 is 3.66. The van der Waals surface area contributed by atoms with Crippen molar-refractivity contribution in [3.63, 3.8) is 0 Å². The summed E-state index contributed by atoms with van der Waals surface area (Å²) in [6.07, 6.45) is 0. The standard InChI is InChI=1S/C51H32NOPS2/c53-54(37-14-3-1-4-15-37,38-16-5-2-6-17-38)39-18-11-13-35(31-39)33-25-27-34(28-26-33)49-51-48(42-20-8-10-24-46(42)56-51)43-22-12-21-40(50(43)52-49)36-29-30-47-44(32-36)41-19-7-9-23-45(41)55-47/h1-32H. The number of para-hydroxylation sites is 1. The van der Waals surface area contributed by atoms with E-state index in [4.69, 9.17) is 4.98 Å². The highest BCUT2D eigenvalue weighted by Crippen LogP contribution is 2.46. The molecule has 0 saturated carbocycles. The number of hydrogen-bond donors (Lipinski definition) is 0. The fourth-order valence-electron chi connectivity index (χ4n) is 8.26. The van der Waals surface area contributed by atoms with Crippen molar-refractivity contribution in [3.8, 4) is 33.5 Å². The third-order valence-electron chi connectivity index (χ3n) is 11.0. The summed E-state index contributed by atoms with van der Waals surface area (Å²) in [6.45, 7) is 0. The van der Waals surface area contributed by atoms with Crippen molar-refractivity contribution in [2.24, 2.45) is 0 Å². The Bertz CT molecular complexity index is 3290. The molecule has 0 fully saturated rings. The van der Waals surface area contributed by atoms with Gasteiger partial charge < -0.3 is 4.57 Å². The Morgan fingerprint density at radius 1 is 0.393 bits per heavy atom. The molecule has 0 aliphatic carbocycles. The molecule has 0 aliphatic heterocycles. The van der Waals surface area contributed by atoms with Crippen LogP contribution in [0.2, 0.25) is 0 Å². The Balaban J connectivity index is 1.06. The second-order valence-electron chi connectivity index (χ2n) is 14.2. The molecule has 11 rings (SSSR count). The summed E-state index contributed by atoms with van der Waals surface area (Å²) in [6, 6.07) is 67.6. The van der Waals surface area contributed by atoms with Gasteiger partial charge in [-0.2, -0.15) is 0 Å². The summed E-state index contributed by atoms with van der Waals surface area (Å²) < 4.78 is 20.2. The van der Waals surface area contributed by atoms with Gasteiger partial charge in [0.05, 0.1) is 15.9 Å². The van der Waals surface area contributed by atoms with E-state index in [2.05, 4.69) is 121 Å². The molecule has 11 aromatic rings. The molecule has 0 radical (unpaired) electrons. The molecule has 2 nitrogen and oxygen atoms in total. The van der Waals surface area contributed by atoms with Gasteiger partial charge in [0.2, 0.25) is 0 Å². The molecule has 0 spiro atoms. The van der Waals surface area contributed by atoms with E-state index in [-0.39, 0.29) is 0 Å². The minimum atomic E-state index is -3.11. The lowest BCUT2D eigenvalue weighted by Crippen LogP contribution is -2.25. The van der Waals surface area contributed by atoms with Crippen LogP contribution in [-0.2, 0) is 4.57 Å². The summed E-state index contributed by atoms with van der Waals surface area (Å²) in [5.74, 6) is 0. The van der Waals surface area contributed by atoms with E-state index in [1.807, 2.05) is 95.5 Å². The van der Waals surface area contributed by atoms with Crippen LogP contribution in [0.4, 0.5) is 0 Å². The zero-order valence-electron chi connectivity index (χ0n) is 30.1. The van der Waals surface area contributed by atoms with E-state index >= 15 is 4.57 Å². The predicted molar refractivity (Wildman–Crippen MR) is 243 cm³/mol. The Labute approximate surface area is 332 Å². The molecule has 0 aliphatic rings. The van der Waals surface area contributed by atoms with Gasteiger partial charge in [0, 0.05) is 68.1 Å². The minimum Gasteiger partial charge on any atom is -0.309 e. The molecule has 3 aromatic heterocycles. The van der Waals surface area contributed by atoms with Gasteiger partial charge in [-0.1, -0.05) is 164 Å². The lowest BCUT2D eigenvalue weighted by Gasteiger charge is -2.20. The Morgan fingerprint density at radius 3 is 1.71 bits per heavy atom. The van der Waals surface area contributed by atoms with Crippen LogP contribution in [0.3, 0.4) is 0 Å². The number of hydrogen-bond acceptors (Lipinski definition) is 4. The first kappa shape index (κ1) is 33.2. The quantitative estimate of drug-likeness (QED) is 0.158. The van der Waals surface area contributed by atoms with Gasteiger partial charge in [0.25, 0.3) is 0 Å². The molecule has 0 saturated heterocycles. The van der Waals surface area contributed by atoms with E-state index < -0.39 is 7.14 Å². The molecule has 264 valence electrons. The molecule has 8 aromatic carbocycles. The van der Waals surface area contributed by atoms with Crippen LogP contribution in [-0.4, -0.2) is 4.98 Å². The van der Waals surface area contributed by atoms with Crippen molar-refractivity contribution in [3.05, 3.63) is 194 Å². The van der Waals surface area contributed by atoms with Crippen LogP contribution in [0.5, 0.6) is 0 Å². The van der Waals surface area contributed by atoms with Crippen LogP contribution in [0.15, 0.2) is 194 Å². The first-order chi connectivity index (χ1) is 27.6. The summed E-state index contributed by atoms with van der Waals surface area (Å²) in [5, 5.41) is 8.74. The Hall–Kier alpha value is -6.16. The zero-order chi connectivity index (χ0) is 37.2. The van der Waals surface area contributed by atoms with Crippen LogP contribution in [0, 0.1) is 0 Å². The number of rotatable bonds is 6. The molecule has 0 unspecified atom stereocenters. The summed E-state index contributed by atoms with van der Waals surface area (Å²) in [4.78, 5) is 5.57. The number of benzene rings is 8. The number of thiophene rings is 2. The van der Waals surface area contributed by atoms with Crippen molar-refractivity contribution < 1.29 is 4.57 Å². The van der Waals surface area contributed by atoms with Crippen LogP contribution in [0.1, 0.15) is 0 Å². The van der Waals surface area contributed by atoms with Gasteiger partial charge in [-0.3, -0.25) is 0 Å². The van der Waals surface area contributed by atoms with Crippen molar-refractivity contribution in [2.75, 3.05) is 0 Å².